The first-order valence-electron chi connectivity index (χ1n) is 5.86. The van der Waals surface area contributed by atoms with Crippen molar-refractivity contribution in [3.05, 3.63) is 0 Å². The third-order valence-corrected chi connectivity index (χ3v) is 0.746. The minimum absolute atomic E-state index is 3.00. The summed E-state index contributed by atoms with van der Waals surface area (Å²) in [7, 11) is 0. The van der Waals surface area contributed by atoms with E-state index >= 15 is 0 Å². The van der Waals surface area contributed by atoms with Crippen LogP contribution in [0.2, 0.25) is 0 Å². The fraction of sp³-hybridized carbons (Fsp3) is 1.00. The van der Waals surface area contributed by atoms with E-state index in [1.165, 1.54) is 0 Å². The normalized spacial score (nSPS) is 55.8. The molecule has 1 rings (SSSR count). The van der Waals surface area contributed by atoms with E-state index in [1.807, 2.05) is 0 Å². The zero-order valence-electron chi connectivity index (χ0n) is 11.8. The average molecular weight is 126 g/mol. The maximum Gasteiger partial charge on any atom is 0.116 e. The van der Waals surface area contributed by atoms with Crippen molar-refractivity contribution in [3.63, 3.8) is 0 Å². The molecule has 1 fully saturated rings. The van der Waals surface area contributed by atoms with Crippen molar-refractivity contribution < 1.29 is 25.9 Å². The van der Waals surface area contributed by atoms with Gasteiger partial charge in [-0.1, -0.05) is 0 Å². The molecule has 0 atom stereocenters. The van der Waals surface area contributed by atoms with Crippen LogP contribution in [0.3, 0.4) is 0 Å². The topological polar surface area (TPSA) is 49.7 Å². The van der Waals surface area contributed by atoms with Crippen molar-refractivity contribution in [3.8, 4) is 0 Å². The van der Waals surface area contributed by atoms with Gasteiger partial charge in [-0.25, -0.2) is 0 Å². The fourth-order valence-corrected chi connectivity index (χ4v) is 0.280. The Kier molecular flexibility index (Phi) is 0.372. The molecule has 0 radical (unpaired) electrons. The molecule has 0 aromatic rings. The van der Waals surface area contributed by atoms with Crippen LogP contribution >= 0.6 is 0 Å². The van der Waals surface area contributed by atoms with Crippen LogP contribution in [-0.4, -0.2) is 35.5 Å². The number of hydrogen-bond acceptors (Lipinski definition) is 3. The summed E-state index contributed by atoms with van der Waals surface area (Å²) in [6.45, 7) is -10.2. The van der Waals surface area contributed by atoms with E-state index in [-0.39, 0.29) is 0 Å². The van der Waals surface area contributed by atoms with Crippen LogP contribution in [0.5, 0.6) is 0 Å². The van der Waals surface area contributed by atoms with E-state index in [0.717, 1.165) is 0 Å². The molecule has 1 heterocycles. The molecule has 1 aliphatic heterocycles. The molecule has 8 heavy (non-hydrogen) atoms. The molecule has 3 heteroatoms. The lowest BCUT2D eigenvalue weighted by atomic mass is 9.97. The SMILES string of the molecule is [2H]C([2H])(O)C1(C([2H])([2H])O)OC([2H])([2H])C1([2H])[2H]. The predicted octanol–water partition coefficient (Wildman–Crippen LogP) is -0.870. The second-order valence-corrected chi connectivity index (χ2v) is 1.23. The average Bonchev–Trinajstić information content (AvgIpc) is 1.94. The highest BCUT2D eigenvalue weighted by molar-refractivity contribution is 4.85. The second kappa shape index (κ2) is 2.01. The number of hydrogen-bond donors (Lipinski definition) is 2. The molecule has 0 saturated carbocycles. The first kappa shape index (κ1) is 1.48. The van der Waals surface area contributed by atoms with Crippen LogP contribution in [0.1, 0.15) is 17.3 Å². The van der Waals surface area contributed by atoms with Gasteiger partial charge in [0.2, 0.25) is 0 Å². The predicted molar refractivity (Wildman–Crippen MR) is 27.5 cm³/mol. The van der Waals surface area contributed by atoms with Gasteiger partial charge in [-0.15, -0.1) is 0 Å². The minimum atomic E-state index is -3.60. The van der Waals surface area contributed by atoms with Gasteiger partial charge >= 0.3 is 0 Å². The van der Waals surface area contributed by atoms with Crippen molar-refractivity contribution in [2.75, 3.05) is 19.7 Å². The minimum Gasteiger partial charge on any atom is -0.393 e. The Morgan fingerprint density at radius 1 is 1.75 bits per heavy atom. The largest absolute Gasteiger partial charge is 0.393 e. The summed E-state index contributed by atoms with van der Waals surface area (Å²) in [4.78, 5) is 0. The van der Waals surface area contributed by atoms with E-state index in [0.29, 0.717) is 0 Å². The molecule has 0 aromatic heterocycles. The highest BCUT2D eigenvalue weighted by Crippen LogP contribution is 2.24. The number of aliphatic hydroxyl groups is 2. The zero-order valence-corrected chi connectivity index (χ0v) is 3.80. The molecule has 0 aromatic carbocycles. The van der Waals surface area contributed by atoms with Gasteiger partial charge in [0.1, 0.15) is 5.60 Å². The quantitative estimate of drug-likeness (QED) is 0.505. The van der Waals surface area contributed by atoms with Gasteiger partial charge in [0.25, 0.3) is 0 Å². The van der Waals surface area contributed by atoms with Crippen molar-refractivity contribution in [2.24, 2.45) is 0 Å². The number of ether oxygens (including phenoxy) is 1. The smallest absolute Gasteiger partial charge is 0.116 e. The summed E-state index contributed by atoms with van der Waals surface area (Å²) in [5.74, 6) is 0. The van der Waals surface area contributed by atoms with E-state index < -0.39 is 31.7 Å². The van der Waals surface area contributed by atoms with E-state index in [1.54, 1.807) is 0 Å². The van der Waals surface area contributed by atoms with Crippen LogP contribution in [0.4, 0.5) is 0 Å². The molecule has 48 valence electrons. The van der Waals surface area contributed by atoms with E-state index in [9.17, 15) is 0 Å². The number of rotatable bonds is 2. The Morgan fingerprint density at radius 2 is 2.38 bits per heavy atom. The molecule has 0 amide bonds. The summed E-state index contributed by atoms with van der Waals surface area (Å²) in [5, 5.41) is 18.2. The van der Waals surface area contributed by atoms with Gasteiger partial charge in [-0.2, -0.15) is 0 Å². The molecule has 1 aliphatic rings. The summed E-state index contributed by atoms with van der Waals surface area (Å²) >= 11 is 0. The van der Waals surface area contributed by atoms with E-state index in [2.05, 4.69) is 4.74 Å². The van der Waals surface area contributed by atoms with E-state index in [4.69, 9.17) is 21.2 Å². The summed E-state index contributed by atoms with van der Waals surface area (Å²) in [6.07, 6.45) is -3.24. The third-order valence-electron chi connectivity index (χ3n) is 0.746. The van der Waals surface area contributed by atoms with Crippen LogP contribution in [0.15, 0.2) is 0 Å². The highest BCUT2D eigenvalue weighted by Gasteiger charge is 2.36. The first-order valence-corrected chi connectivity index (χ1v) is 1.86. The van der Waals surface area contributed by atoms with Crippen LogP contribution in [0.25, 0.3) is 0 Å². The van der Waals surface area contributed by atoms with Crippen molar-refractivity contribution >= 4 is 0 Å². The van der Waals surface area contributed by atoms with Gasteiger partial charge in [-0.05, 0) is 0 Å². The van der Waals surface area contributed by atoms with Crippen LogP contribution in [0, 0.1) is 0 Å². The molecule has 2 N–H and O–H groups in total. The van der Waals surface area contributed by atoms with Crippen molar-refractivity contribution in [1.82, 2.24) is 0 Å². The second-order valence-electron chi connectivity index (χ2n) is 1.23. The van der Waals surface area contributed by atoms with Gasteiger partial charge in [0.05, 0.1) is 27.9 Å². The van der Waals surface area contributed by atoms with Gasteiger partial charge in [-0.3, -0.25) is 0 Å². The lowest BCUT2D eigenvalue weighted by molar-refractivity contribution is -0.190. The molecular formula is C5H10O3. The van der Waals surface area contributed by atoms with Gasteiger partial charge in [0.15, 0.2) is 0 Å². The maximum atomic E-state index is 9.09. The highest BCUT2D eigenvalue weighted by atomic mass is 16.5. The Hall–Kier alpha value is -0.120. The molecule has 1 saturated heterocycles. The third kappa shape index (κ3) is 0.727. The molecule has 0 aliphatic carbocycles. The Morgan fingerprint density at radius 3 is 2.50 bits per heavy atom. The lowest BCUT2D eigenvalue weighted by Gasteiger charge is -2.38. The maximum absolute atomic E-state index is 9.09. The first-order chi connectivity index (χ1) is 6.71. The molecule has 0 spiro atoms. The van der Waals surface area contributed by atoms with Gasteiger partial charge < -0.3 is 14.9 Å². The zero-order chi connectivity index (χ0) is 13.2. The Balaban J connectivity index is 3.35. The monoisotopic (exact) mass is 126 g/mol. The molecule has 3 nitrogen and oxygen atoms in total. The molecule has 0 unspecified atom stereocenters. The Bertz CT molecular complexity index is 288. The van der Waals surface area contributed by atoms with Gasteiger partial charge in [0, 0.05) is 9.11 Å². The summed E-state index contributed by atoms with van der Waals surface area (Å²) < 4.78 is 60.3. The lowest BCUT2D eigenvalue weighted by Crippen LogP contribution is -2.50. The molecular weight excluding hydrogens is 108 g/mol. The summed E-state index contributed by atoms with van der Waals surface area (Å²) in [5.41, 5.74) is -3.34. The van der Waals surface area contributed by atoms with Crippen LogP contribution in [-0.2, 0) is 4.74 Å². The summed E-state index contributed by atoms with van der Waals surface area (Å²) in [6, 6.07) is 0. The van der Waals surface area contributed by atoms with Crippen molar-refractivity contribution in [2.45, 2.75) is 12.0 Å². The standard InChI is InChI=1S/C5H10O3/c6-3-5(4-7)1-2-8-5/h6-7H,1-4H2/i1D2,2D2,3D2,4D2. The van der Waals surface area contributed by atoms with Crippen LogP contribution < -0.4 is 0 Å². The van der Waals surface area contributed by atoms with Crippen molar-refractivity contribution in [1.29, 1.82) is 0 Å². The Labute approximate surface area is 59.1 Å². The molecule has 0 bridgehead atoms. The fourth-order valence-electron chi connectivity index (χ4n) is 0.280.